The molecule has 62 valence electrons. The normalized spacial score (nSPS) is 11.9. The Morgan fingerprint density at radius 3 is 2.36 bits per heavy atom. The SMILES string of the molecule is NS(=O)(=O)c1c(Br)csc1Cl. The van der Waals surface area contributed by atoms with E-state index in [2.05, 4.69) is 15.9 Å². The number of thiophene rings is 1. The second kappa shape index (κ2) is 3.02. The van der Waals surface area contributed by atoms with E-state index < -0.39 is 10.0 Å². The molecule has 1 rings (SSSR count). The maximum Gasteiger partial charge on any atom is 0.241 e. The van der Waals surface area contributed by atoms with Crippen LogP contribution in [0.1, 0.15) is 0 Å². The van der Waals surface area contributed by atoms with E-state index in [1.807, 2.05) is 0 Å². The lowest BCUT2D eigenvalue weighted by molar-refractivity contribution is 0.598. The summed E-state index contributed by atoms with van der Waals surface area (Å²) in [6.45, 7) is 0. The van der Waals surface area contributed by atoms with Crippen LogP contribution in [0, 0.1) is 0 Å². The highest BCUT2D eigenvalue weighted by atomic mass is 79.9. The first kappa shape index (κ1) is 9.47. The van der Waals surface area contributed by atoms with Gasteiger partial charge < -0.3 is 0 Å². The minimum atomic E-state index is -3.69. The number of halogens is 2. The second-order valence-corrected chi connectivity index (χ2v) is 5.57. The van der Waals surface area contributed by atoms with Crippen LogP contribution in [0.5, 0.6) is 0 Å². The van der Waals surface area contributed by atoms with Crippen molar-refractivity contribution in [3.05, 3.63) is 14.2 Å². The van der Waals surface area contributed by atoms with Crippen LogP contribution in [0.25, 0.3) is 0 Å². The summed E-state index contributed by atoms with van der Waals surface area (Å²) in [6, 6.07) is 0. The van der Waals surface area contributed by atoms with Crippen LogP contribution in [-0.2, 0) is 10.0 Å². The fourth-order valence-electron chi connectivity index (χ4n) is 0.552. The molecule has 0 spiro atoms. The summed E-state index contributed by atoms with van der Waals surface area (Å²) >= 11 is 9.70. The number of primary sulfonamides is 1. The lowest BCUT2D eigenvalue weighted by Gasteiger charge is -1.94. The van der Waals surface area contributed by atoms with Crippen molar-refractivity contribution in [2.45, 2.75) is 4.90 Å². The smallest absolute Gasteiger partial charge is 0.225 e. The molecule has 0 atom stereocenters. The molecule has 0 radical (unpaired) electrons. The molecule has 1 aromatic heterocycles. The summed E-state index contributed by atoms with van der Waals surface area (Å²) in [4.78, 5) is -0.0378. The molecule has 0 saturated heterocycles. The number of nitrogens with two attached hydrogens (primary N) is 1. The van der Waals surface area contributed by atoms with E-state index in [0.717, 1.165) is 11.3 Å². The van der Waals surface area contributed by atoms with Crippen LogP contribution >= 0.6 is 38.9 Å². The van der Waals surface area contributed by atoms with Crippen LogP contribution < -0.4 is 5.14 Å². The third-order valence-electron chi connectivity index (χ3n) is 0.946. The van der Waals surface area contributed by atoms with Crippen molar-refractivity contribution in [3.8, 4) is 0 Å². The van der Waals surface area contributed by atoms with Crippen LogP contribution in [0.2, 0.25) is 4.34 Å². The van der Waals surface area contributed by atoms with Crippen molar-refractivity contribution < 1.29 is 8.42 Å². The summed E-state index contributed by atoms with van der Waals surface area (Å²) in [5.74, 6) is 0. The third kappa shape index (κ3) is 1.94. The zero-order valence-electron chi connectivity index (χ0n) is 5.04. The molecule has 0 aliphatic carbocycles. The Hall–Kier alpha value is 0.380. The minimum Gasteiger partial charge on any atom is -0.225 e. The van der Waals surface area contributed by atoms with Gasteiger partial charge in [-0.15, -0.1) is 11.3 Å². The van der Waals surface area contributed by atoms with Gasteiger partial charge in [-0.1, -0.05) is 11.6 Å². The Kier molecular flexibility index (Phi) is 2.60. The fourth-order valence-corrected chi connectivity index (χ4v) is 4.17. The highest BCUT2D eigenvalue weighted by Crippen LogP contribution is 2.34. The molecule has 7 heteroatoms. The summed E-state index contributed by atoms with van der Waals surface area (Å²) < 4.78 is 22.2. The van der Waals surface area contributed by atoms with Gasteiger partial charge in [0.05, 0.1) is 0 Å². The molecule has 11 heavy (non-hydrogen) atoms. The van der Waals surface area contributed by atoms with E-state index in [0.29, 0.717) is 4.47 Å². The molecule has 0 saturated carbocycles. The van der Waals surface area contributed by atoms with Gasteiger partial charge in [0.1, 0.15) is 9.23 Å². The molecule has 3 nitrogen and oxygen atoms in total. The first-order valence-corrected chi connectivity index (χ1v) is 5.98. The van der Waals surface area contributed by atoms with Crippen LogP contribution in [0.4, 0.5) is 0 Å². The topological polar surface area (TPSA) is 60.2 Å². The average molecular weight is 277 g/mol. The predicted molar refractivity (Wildman–Crippen MR) is 48.4 cm³/mol. The van der Waals surface area contributed by atoms with E-state index in [4.69, 9.17) is 16.7 Å². The molecule has 1 aromatic rings. The largest absolute Gasteiger partial charge is 0.241 e. The zero-order valence-corrected chi connectivity index (χ0v) is 9.02. The first-order valence-electron chi connectivity index (χ1n) is 2.38. The molecule has 0 aliphatic heterocycles. The van der Waals surface area contributed by atoms with Crippen molar-refractivity contribution in [1.82, 2.24) is 0 Å². The van der Waals surface area contributed by atoms with Gasteiger partial charge in [-0.25, -0.2) is 13.6 Å². The Morgan fingerprint density at radius 1 is 1.64 bits per heavy atom. The lowest BCUT2D eigenvalue weighted by atomic mass is 10.7. The lowest BCUT2D eigenvalue weighted by Crippen LogP contribution is -2.11. The third-order valence-corrected chi connectivity index (χ3v) is 4.59. The Balaban J connectivity index is 3.45. The molecule has 0 bridgehead atoms. The highest BCUT2D eigenvalue weighted by Gasteiger charge is 2.18. The Bertz CT molecular complexity index is 352. The standard InChI is InChI=1S/C4H3BrClNO2S2/c5-2-1-10-4(6)3(2)11(7,8)9/h1H,(H2,7,8,9). The van der Waals surface area contributed by atoms with Gasteiger partial charge in [-0.3, -0.25) is 0 Å². The summed E-state index contributed by atoms with van der Waals surface area (Å²) in [5.41, 5.74) is 0. The van der Waals surface area contributed by atoms with Crippen molar-refractivity contribution in [1.29, 1.82) is 0 Å². The summed E-state index contributed by atoms with van der Waals surface area (Å²) in [6.07, 6.45) is 0. The molecular formula is C4H3BrClNO2S2. The summed E-state index contributed by atoms with van der Waals surface area (Å²) in [7, 11) is -3.69. The number of hydrogen-bond donors (Lipinski definition) is 1. The highest BCUT2D eigenvalue weighted by molar-refractivity contribution is 9.10. The molecule has 0 fully saturated rings. The van der Waals surface area contributed by atoms with Crippen LogP contribution in [-0.4, -0.2) is 8.42 Å². The molecule has 0 aliphatic rings. The molecule has 0 aromatic carbocycles. The van der Waals surface area contributed by atoms with E-state index in [-0.39, 0.29) is 9.23 Å². The first-order chi connectivity index (χ1) is 4.93. The van der Waals surface area contributed by atoms with Crippen molar-refractivity contribution in [2.75, 3.05) is 0 Å². The van der Waals surface area contributed by atoms with E-state index in [1.165, 1.54) is 0 Å². The predicted octanol–water partition coefficient (Wildman–Crippen LogP) is 1.81. The van der Waals surface area contributed by atoms with Gasteiger partial charge in [-0.05, 0) is 15.9 Å². The zero-order chi connectivity index (χ0) is 8.65. The monoisotopic (exact) mass is 275 g/mol. The maximum absolute atomic E-state index is 10.8. The van der Waals surface area contributed by atoms with Crippen molar-refractivity contribution in [2.24, 2.45) is 5.14 Å². The molecule has 0 amide bonds. The quantitative estimate of drug-likeness (QED) is 0.850. The van der Waals surface area contributed by atoms with Gasteiger partial charge in [0, 0.05) is 9.85 Å². The number of hydrogen-bond acceptors (Lipinski definition) is 3. The van der Waals surface area contributed by atoms with Gasteiger partial charge in [0.2, 0.25) is 10.0 Å². The molecule has 0 unspecified atom stereocenters. The number of rotatable bonds is 1. The van der Waals surface area contributed by atoms with Gasteiger partial charge >= 0.3 is 0 Å². The number of sulfonamides is 1. The molecule has 1 heterocycles. The van der Waals surface area contributed by atoms with Gasteiger partial charge in [0.25, 0.3) is 0 Å². The van der Waals surface area contributed by atoms with Crippen molar-refractivity contribution in [3.63, 3.8) is 0 Å². The van der Waals surface area contributed by atoms with E-state index in [1.54, 1.807) is 5.38 Å². The minimum absolute atomic E-state index is 0.0378. The van der Waals surface area contributed by atoms with Crippen LogP contribution in [0.15, 0.2) is 14.7 Å². The summed E-state index contributed by atoms with van der Waals surface area (Å²) in [5, 5.41) is 6.44. The van der Waals surface area contributed by atoms with Crippen molar-refractivity contribution >= 4 is 48.9 Å². The van der Waals surface area contributed by atoms with E-state index in [9.17, 15) is 8.42 Å². The van der Waals surface area contributed by atoms with E-state index >= 15 is 0 Å². The fraction of sp³-hybridized carbons (Fsp3) is 0. The maximum atomic E-state index is 10.8. The van der Waals surface area contributed by atoms with Crippen LogP contribution in [0.3, 0.4) is 0 Å². The second-order valence-electron chi connectivity index (χ2n) is 1.73. The Morgan fingerprint density at radius 2 is 2.18 bits per heavy atom. The Labute approximate surface area is 81.3 Å². The molecule has 2 N–H and O–H groups in total. The molecular weight excluding hydrogens is 274 g/mol. The average Bonchev–Trinajstić information content (AvgIpc) is 2.08. The van der Waals surface area contributed by atoms with Gasteiger partial charge in [-0.2, -0.15) is 0 Å². The van der Waals surface area contributed by atoms with Gasteiger partial charge in [0.15, 0.2) is 0 Å².